The first-order chi connectivity index (χ1) is 12.2. The molecule has 1 aliphatic heterocycles. The molecule has 122 valence electrons. The van der Waals surface area contributed by atoms with Gasteiger partial charge in [-0.3, -0.25) is 4.79 Å². The number of ketones is 1. The summed E-state index contributed by atoms with van der Waals surface area (Å²) in [6.07, 6.45) is 1.69. The maximum Gasteiger partial charge on any atom is 0.353 e. The fourth-order valence-electron chi connectivity index (χ4n) is 2.48. The molecular formula is C20H12O4S. The van der Waals surface area contributed by atoms with Crippen LogP contribution in [0.2, 0.25) is 0 Å². The molecule has 25 heavy (non-hydrogen) atoms. The number of hydrogen-bond donors (Lipinski definition) is 0. The van der Waals surface area contributed by atoms with E-state index in [0.717, 1.165) is 5.56 Å². The van der Waals surface area contributed by atoms with Gasteiger partial charge in [0.2, 0.25) is 5.78 Å². The Bertz CT molecular complexity index is 972. The Kier molecular flexibility index (Phi) is 3.91. The fraction of sp³-hybridized carbons (Fsp3) is 0. The van der Waals surface area contributed by atoms with Crippen LogP contribution in [-0.2, 0) is 0 Å². The summed E-state index contributed by atoms with van der Waals surface area (Å²) >= 11 is 1.31. The van der Waals surface area contributed by atoms with Gasteiger partial charge in [-0.25, -0.2) is 4.79 Å². The number of carbonyl (C=O) groups is 2. The van der Waals surface area contributed by atoms with Crippen LogP contribution in [0.3, 0.4) is 0 Å². The van der Waals surface area contributed by atoms with E-state index in [1.165, 1.54) is 11.3 Å². The molecule has 0 spiro atoms. The number of ether oxygens (including phenoxy) is 2. The van der Waals surface area contributed by atoms with Gasteiger partial charge < -0.3 is 9.47 Å². The van der Waals surface area contributed by atoms with Crippen molar-refractivity contribution in [2.75, 3.05) is 0 Å². The summed E-state index contributed by atoms with van der Waals surface area (Å²) < 4.78 is 11.0. The first-order valence-electron chi connectivity index (χ1n) is 7.60. The number of rotatable bonds is 3. The van der Waals surface area contributed by atoms with E-state index in [4.69, 9.17) is 9.47 Å². The minimum atomic E-state index is -0.431. The second-order valence-electron chi connectivity index (χ2n) is 5.38. The van der Waals surface area contributed by atoms with Crippen LogP contribution in [0.15, 0.2) is 71.8 Å². The summed E-state index contributed by atoms with van der Waals surface area (Å²) in [5, 5.41) is 1.81. The largest absolute Gasteiger partial charge is 0.452 e. The van der Waals surface area contributed by atoms with Crippen molar-refractivity contribution in [1.29, 1.82) is 0 Å². The maximum atomic E-state index is 12.4. The molecule has 4 rings (SSSR count). The molecule has 0 saturated heterocycles. The predicted octanol–water partition coefficient (Wildman–Crippen LogP) is 4.58. The fourth-order valence-corrected chi connectivity index (χ4v) is 3.08. The van der Waals surface area contributed by atoms with Crippen LogP contribution < -0.4 is 9.47 Å². The van der Waals surface area contributed by atoms with Crippen molar-refractivity contribution in [3.05, 3.63) is 87.8 Å². The topological polar surface area (TPSA) is 52.6 Å². The van der Waals surface area contributed by atoms with E-state index in [9.17, 15) is 9.59 Å². The predicted molar refractivity (Wildman–Crippen MR) is 95.1 cm³/mol. The van der Waals surface area contributed by atoms with Gasteiger partial charge in [-0.05, 0) is 35.2 Å². The van der Waals surface area contributed by atoms with Crippen molar-refractivity contribution in [2.24, 2.45) is 0 Å². The van der Waals surface area contributed by atoms with Crippen LogP contribution in [0.1, 0.15) is 25.6 Å². The number of fused-ring (bicyclic) bond motifs is 1. The third-order valence-electron chi connectivity index (χ3n) is 3.67. The SMILES string of the molecule is O=C(Oc1ccc2c(c1)OC(=Cc1ccccc1)C2=O)c1cccs1. The van der Waals surface area contributed by atoms with Crippen LogP contribution in [0.25, 0.3) is 6.08 Å². The Morgan fingerprint density at radius 1 is 1.04 bits per heavy atom. The first kappa shape index (κ1) is 15.4. The number of esters is 1. The van der Waals surface area contributed by atoms with E-state index in [0.29, 0.717) is 21.9 Å². The minimum Gasteiger partial charge on any atom is -0.452 e. The van der Waals surface area contributed by atoms with Gasteiger partial charge in [-0.1, -0.05) is 36.4 Å². The highest BCUT2D eigenvalue weighted by atomic mass is 32.1. The number of allylic oxidation sites excluding steroid dienone is 1. The highest BCUT2D eigenvalue weighted by molar-refractivity contribution is 7.12. The van der Waals surface area contributed by atoms with Crippen LogP contribution in [-0.4, -0.2) is 11.8 Å². The Labute approximate surface area is 148 Å². The monoisotopic (exact) mass is 348 g/mol. The molecule has 0 N–H and O–H groups in total. The molecule has 0 fully saturated rings. The van der Waals surface area contributed by atoms with E-state index in [1.54, 1.807) is 36.4 Å². The molecule has 3 aromatic rings. The lowest BCUT2D eigenvalue weighted by Crippen LogP contribution is -2.06. The average Bonchev–Trinajstić information content (AvgIpc) is 3.25. The molecule has 0 atom stereocenters. The molecule has 0 bridgehead atoms. The average molecular weight is 348 g/mol. The van der Waals surface area contributed by atoms with E-state index >= 15 is 0 Å². The lowest BCUT2D eigenvalue weighted by molar-refractivity contribution is 0.0739. The quantitative estimate of drug-likeness (QED) is 0.395. The van der Waals surface area contributed by atoms with E-state index in [-0.39, 0.29) is 11.5 Å². The van der Waals surface area contributed by atoms with E-state index < -0.39 is 5.97 Å². The maximum absolute atomic E-state index is 12.4. The lowest BCUT2D eigenvalue weighted by Gasteiger charge is -2.04. The molecule has 0 saturated carbocycles. The number of benzene rings is 2. The van der Waals surface area contributed by atoms with Gasteiger partial charge in [-0.15, -0.1) is 11.3 Å². The molecule has 5 heteroatoms. The molecule has 2 heterocycles. The highest BCUT2D eigenvalue weighted by Gasteiger charge is 2.28. The standard InChI is InChI=1S/C20H12O4S/c21-19-15-9-8-14(23-20(22)18-7-4-10-25-18)12-16(15)24-17(19)11-13-5-2-1-3-6-13/h1-12H. The van der Waals surface area contributed by atoms with Crippen molar-refractivity contribution >= 4 is 29.2 Å². The molecule has 2 aromatic carbocycles. The minimum absolute atomic E-state index is 0.185. The van der Waals surface area contributed by atoms with Crippen LogP contribution in [0, 0.1) is 0 Å². The summed E-state index contributed by atoms with van der Waals surface area (Å²) in [7, 11) is 0. The molecule has 0 unspecified atom stereocenters. The van der Waals surface area contributed by atoms with Crippen LogP contribution >= 0.6 is 11.3 Å². The molecule has 0 radical (unpaired) electrons. The first-order valence-corrected chi connectivity index (χ1v) is 8.48. The van der Waals surface area contributed by atoms with Crippen LogP contribution in [0.4, 0.5) is 0 Å². The van der Waals surface area contributed by atoms with Gasteiger partial charge in [0, 0.05) is 6.07 Å². The normalized spacial score (nSPS) is 14.2. The summed E-state index contributed by atoms with van der Waals surface area (Å²) in [5.41, 5.74) is 1.33. The molecule has 0 amide bonds. The third-order valence-corrected chi connectivity index (χ3v) is 4.52. The lowest BCUT2D eigenvalue weighted by atomic mass is 10.1. The molecule has 1 aliphatic rings. The Morgan fingerprint density at radius 3 is 2.64 bits per heavy atom. The second-order valence-corrected chi connectivity index (χ2v) is 6.32. The summed E-state index contributed by atoms with van der Waals surface area (Å²) in [5.74, 6) is 0.367. The number of thiophene rings is 1. The number of carbonyl (C=O) groups excluding carboxylic acids is 2. The van der Waals surface area contributed by atoms with Gasteiger partial charge >= 0.3 is 5.97 Å². The molecule has 0 aliphatic carbocycles. The second kappa shape index (κ2) is 6.37. The van der Waals surface area contributed by atoms with Crippen molar-refractivity contribution in [1.82, 2.24) is 0 Å². The Hall–Kier alpha value is -3.18. The summed E-state index contributed by atoms with van der Waals surface area (Å²) in [6, 6.07) is 17.7. The van der Waals surface area contributed by atoms with E-state index in [2.05, 4.69) is 0 Å². The van der Waals surface area contributed by atoms with Crippen molar-refractivity contribution in [2.45, 2.75) is 0 Å². The van der Waals surface area contributed by atoms with Crippen LogP contribution in [0.5, 0.6) is 11.5 Å². The zero-order valence-electron chi connectivity index (χ0n) is 13.0. The Balaban J connectivity index is 1.57. The Morgan fingerprint density at radius 2 is 1.88 bits per heavy atom. The number of Topliss-reactive ketones (excluding diaryl/α,β-unsaturated/α-hetero) is 1. The van der Waals surface area contributed by atoms with Crippen molar-refractivity contribution in [3.63, 3.8) is 0 Å². The smallest absolute Gasteiger partial charge is 0.353 e. The molecule has 4 nitrogen and oxygen atoms in total. The number of hydrogen-bond acceptors (Lipinski definition) is 5. The summed E-state index contributed by atoms with van der Waals surface area (Å²) in [4.78, 5) is 25.0. The molecular weight excluding hydrogens is 336 g/mol. The van der Waals surface area contributed by atoms with Crippen molar-refractivity contribution < 1.29 is 19.1 Å². The third kappa shape index (κ3) is 3.09. The van der Waals surface area contributed by atoms with Crippen molar-refractivity contribution in [3.8, 4) is 11.5 Å². The van der Waals surface area contributed by atoms with Gasteiger partial charge in [0.05, 0.1) is 5.56 Å². The summed E-state index contributed by atoms with van der Waals surface area (Å²) in [6.45, 7) is 0. The van der Waals surface area contributed by atoms with Gasteiger partial charge in [-0.2, -0.15) is 0 Å². The zero-order valence-corrected chi connectivity index (χ0v) is 13.8. The van der Waals surface area contributed by atoms with E-state index in [1.807, 2.05) is 35.7 Å². The molecule has 1 aromatic heterocycles. The van der Waals surface area contributed by atoms with Gasteiger partial charge in [0.15, 0.2) is 5.76 Å². The van der Waals surface area contributed by atoms with Gasteiger partial charge in [0.1, 0.15) is 16.4 Å². The zero-order chi connectivity index (χ0) is 17.2. The van der Waals surface area contributed by atoms with Gasteiger partial charge in [0.25, 0.3) is 0 Å². The highest BCUT2D eigenvalue weighted by Crippen LogP contribution is 2.35.